The highest BCUT2D eigenvalue weighted by atomic mass is 32.2. The van der Waals surface area contributed by atoms with Gasteiger partial charge in [-0.05, 0) is 27.2 Å². The fourth-order valence-electron chi connectivity index (χ4n) is 2.15. The van der Waals surface area contributed by atoms with Gasteiger partial charge < -0.3 is 4.55 Å². The first-order valence-corrected chi connectivity index (χ1v) is 9.06. The first-order chi connectivity index (χ1) is 6.37. The fourth-order valence-corrected chi connectivity index (χ4v) is 9.43. The highest BCUT2D eigenvalue weighted by Gasteiger charge is 2.43. The van der Waals surface area contributed by atoms with Crippen molar-refractivity contribution in [3.05, 3.63) is 0 Å². The molecule has 5 heteroatoms. The highest BCUT2D eigenvalue weighted by molar-refractivity contribution is 7.99. The van der Waals surface area contributed by atoms with Gasteiger partial charge in [0.25, 0.3) is 0 Å². The molecular weight excluding hydrogens is 219 g/mol. The van der Waals surface area contributed by atoms with Crippen molar-refractivity contribution < 1.29 is 13.0 Å². The van der Waals surface area contributed by atoms with Crippen molar-refractivity contribution in [1.29, 1.82) is 0 Å². The molecule has 1 unspecified atom stereocenters. The molecule has 0 spiro atoms. The predicted molar refractivity (Wildman–Crippen MR) is 62.3 cm³/mol. The molecule has 0 aromatic heterocycles. The first kappa shape index (κ1) is 14.3. The molecule has 0 rings (SSSR count). The lowest BCUT2D eigenvalue weighted by atomic mass is 10.6. The Morgan fingerprint density at radius 2 is 1.43 bits per heavy atom. The second kappa shape index (κ2) is 5.43. The van der Waals surface area contributed by atoms with Crippen molar-refractivity contribution >= 4 is 17.4 Å². The topological polar surface area (TPSA) is 57.2 Å². The largest absolute Gasteiger partial charge is 0.745 e. The normalized spacial score (nSPS) is 15.5. The maximum Gasteiger partial charge on any atom is 0.157 e. The average molecular weight is 240 g/mol. The van der Waals surface area contributed by atoms with Gasteiger partial charge >= 0.3 is 0 Å². The van der Waals surface area contributed by atoms with E-state index in [1.54, 1.807) is 6.92 Å². The van der Waals surface area contributed by atoms with Gasteiger partial charge in [-0.1, -0.05) is 6.92 Å². The summed E-state index contributed by atoms with van der Waals surface area (Å²) in [5, 5.41) is 0. The first-order valence-electron chi connectivity index (χ1n) is 5.18. The third-order valence-corrected chi connectivity index (χ3v) is 11.7. The van der Waals surface area contributed by atoms with Crippen molar-refractivity contribution in [1.82, 2.24) is 0 Å². The predicted octanol–water partition coefficient (Wildman–Crippen LogP) is 2.35. The molecule has 0 aliphatic heterocycles. The van der Waals surface area contributed by atoms with Gasteiger partial charge in [-0.2, -0.15) is 0 Å². The zero-order valence-corrected chi connectivity index (χ0v) is 11.2. The molecule has 0 aliphatic carbocycles. The molecule has 0 bridgehead atoms. The second-order valence-electron chi connectivity index (χ2n) is 3.52. The molecular formula is C9H21O3PS. The summed E-state index contributed by atoms with van der Waals surface area (Å²) in [7, 11) is -5.68. The minimum atomic E-state index is -4.11. The van der Waals surface area contributed by atoms with Gasteiger partial charge in [0.2, 0.25) is 0 Å². The molecule has 0 saturated heterocycles. The molecule has 14 heavy (non-hydrogen) atoms. The van der Waals surface area contributed by atoms with Gasteiger partial charge in [0.05, 0.1) is 18.5 Å². The van der Waals surface area contributed by atoms with E-state index in [-0.39, 0.29) is 0 Å². The third kappa shape index (κ3) is 2.91. The van der Waals surface area contributed by atoms with E-state index in [9.17, 15) is 13.0 Å². The summed E-state index contributed by atoms with van der Waals surface area (Å²) >= 11 is 0. The van der Waals surface area contributed by atoms with Crippen LogP contribution >= 0.6 is 7.26 Å². The van der Waals surface area contributed by atoms with Gasteiger partial charge in [-0.15, -0.1) is 0 Å². The average Bonchev–Trinajstić information content (AvgIpc) is 2.12. The maximum atomic E-state index is 11.2. The molecule has 3 nitrogen and oxygen atoms in total. The minimum absolute atomic E-state index is 0.467. The van der Waals surface area contributed by atoms with Crippen LogP contribution in [-0.4, -0.2) is 36.4 Å². The van der Waals surface area contributed by atoms with Gasteiger partial charge in [-0.3, -0.25) is 0 Å². The van der Waals surface area contributed by atoms with E-state index in [1.807, 2.05) is 20.8 Å². The quantitative estimate of drug-likeness (QED) is 0.529. The van der Waals surface area contributed by atoms with Gasteiger partial charge in [0, 0.05) is 7.26 Å². The lowest BCUT2D eigenvalue weighted by molar-refractivity contribution is 0.457. The van der Waals surface area contributed by atoms with Gasteiger partial charge in [0.1, 0.15) is 10.1 Å². The van der Waals surface area contributed by atoms with E-state index in [0.717, 1.165) is 18.5 Å². The molecule has 0 aliphatic rings. The fraction of sp³-hybridized carbons (Fsp3) is 1.00. The summed E-state index contributed by atoms with van der Waals surface area (Å²) in [6, 6.07) is 0. The zero-order valence-electron chi connectivity index (χ0n) is 9.49. The zero-order chi connectivity index (χ0) is 11.4. The summed E-state index contributed by atoms with van der Waals surface area (Å²) in [6.45, 7) is 7.83. The summed E-state index contributed by atoms with van der Waals surface area (Å²) < 4.78 is 33.5. The highest BCUT2D eigenvalue weighted by Crippen LogP contribution is 2.64. The van der Waals surface area contributed by atoms with Crippen molar-refractivity contribution in [2.45, 2.75) is 39.1 Å². The van der Waals surface area contributed by atoms with Crippen LogP contribution in [0.2, 0.25) is 0 Å². The Morgan fingerprint density at radius 3 is 1.50 bits per heavy atom. The van der Waals surface area contributed by atoms with E-state index < -0.39 is 22.4 Å². The van der Waals surface area contributed by atoms with Crippen LogP contribution in [-0.2, 0) is 10.1 Å². The standard InChI is InChI=1S/C9H21O3PS/c1-5-9(14(10,11)12)13(6-2,7-3)8-4/h9H,5-8H2,1-4H3. The molecule has 0 N–H and O–H groups in total. The maximum absolute atomic E-state index is 11.2. The summed E-state index contributed by atoms with van der Waals surface area (Å²) in [6.07, 6.45) is 3.05. The molecule has 0 radical (unpaired) electrons. The molecule has 0 fully saturated rings. The number of hydrogen-bond acceptors (Lipinski definition) is 3. The van der Waals surface area contributed by atoms with Crippen LogP contribution in [0.1, 0.15) is 34.1 Å². The van der Waals surface area contributed by atoms with Crippen LogP contribution in [0.4, 0.5) is 0 Å². The summed E-state index contributed by atoms with van der Waals surface area (Å²) in [5.74, 6) is 0. The SMILES string of the molecule is CCC([P+](CC)(CC)CC)S(=O)(=O)[O-]. The monoisotopic (exact) mass is 240 g/mol. The summed E-state index contributed by atoms with van der Waals surface area (Å²) in [5.41, 5.74) is 0. The van der Waals surface area contributed by atoms with E-state index in [4.69, 9.17) is 0 Å². The van der Waals surface area contributed by atoms with E-state index in [0.29, 0.717) is 6.42 Å². The summed E-state index contributed by atoms with van der Waals surface area (Å²) in [4.78, 5) is -0.616. The van der Waals surface area contributed by atoms with Crippen molar-refractivity contribution in [3.8, 4) is 0 Å². The van der Waals surface area contributed by atoms with Crippen LogP contribution in [0.5, 0.6) is 0 Å². The van der Waals surface area contributed by atoms with E-state index in [1.165, 1.54) is 0 Å². The second-order valence-corrected chi connectivity index (χ2v) is 10.4. The Balaban J connectivity index is 5.15. The van der Waals surface area contributed by atoms with E-state index in [2.05, 4.69) is 0 Å². The van der Waals surface area contributed by atoms with Crippen molar-refractivity contribution in [2.24, 2.45) is 0 Å². The lowest BCUT2D eigenvalue weighted by Crippen LogP contribution is -2.27. The van der Waals surface area contributed by atoms with Crippen LogP contribution in [0.25, 0.3) is 0 Å². The number of hydrogen-bond donors (Lipinski definition) is 0. The smallest absolute Gasteiger partial charge is 0.157 e. The lowest BCUT2D eigenvalue weighted by Gasteiger charge is -2.33. The van der Waals surface area contributed by atoms with Crippen LogP contribution < -0.4 is 0 Å². The number of rotatable bonds is 6. The Hall–Kier alpha value is 0.340. The van der Waals surface area contributed by atoms with Crippen molar-refractivity contribution in [2.75, 3.05) is 18.5 Å². The van der Waals surface area contributed by atoms with Gasteiger partial charge in [0.15, 0.2) is 4.99 Å². The van der Waals surface area contributed by atoms with E-state index >= 15 is 0 Å². The molecule has 0 heterocycles. The molecule has 0 aromatic rings. The third-order valence-electron chi connectivity index (χ3n) is 3.18. The molecule has 0 amide bonds. The van der Waals surface area contributed by atoms with Crippen LogP contribution in [0, 0.1) is 0 Å². The molecule has 0 aromatic carbocycles. The van der Waals surface area contributed by atoms with Gasteiger partial charge in [-0.25, -0.2) is 8.42 Å². The molecule has 0 saturated carbocycles. The van der Waals surface area contributed by atoms with Crippen molar-refractivity contribution in [3.63, 3.8) is 0 Å². The Labute approximate surface area is 88.4 Å². The van der Waals surface area contributed by atoms with Crippen LogP contribution in [0.15, 0.2) is 0 Å². The Kier molecular flexibility index (Phi) is 5.56. The minimum Gasteiger partial charge on any atom is -0.745 e. The molecule has 86 valence electrons. The van der Waals surface area contributed by atoms with Crippen LogP contribution in [0.3, 0.4) is 0 Å². The Morgan fingerprint density at radius 1 is 1.07 bits per heavy atom. The molecule has 1 atom stereocenters. The Bertz CT molecular complexity index is 249.